The van der Waals surface area contributed by atoms with Crippen molar-refractivity contribution in [1.29, 1.82) is 0 Å². The monoisotopic (exact) mass is 472 g/mol. The van der Waals surface area contributed by atoms with Gasteiger partial charge in [-0.1, -0.05) is 35.4 Å². The van der Waals surface area contributed by atoms with E-state index in [9.17, 15) is 21.9 Å². The molecule has 170 valence electrons. The molecule has 31 heavy (non-hydrogen) atoms. The lowest BCUT2D eigenvalue weighted by atomic mass is 10.1. The van der Waals surface area contributed by atoms with Crippen molar-refractivity contribution in [3.05, 3.63) is 59.7 Å². The summed E-state index contributed by atoms with van der Waals surface area (Å²) in [4.78, 5) is -0.293. The molecule has 0 aliphatic carbocycles. The van der Waals surface area contributed by atoms with Gasteiger partial charge in [-0.3, -0.25) is 8.37 Å². The lowest BCUT2D eigenvalue weighted by Crippen LogP contribution is -2.56. The number of aliphatic hydroxyl groups excluding tert-OH is 1. The Morgan fingerprint density at radius 3 is 1.65 bits per heavy atom. The minimum Gasteiger partial charge on any atom is -0.388 e. The molecule has 0 amide bonds. The topological polar surface area (TPSA) is 125 Å². The Balaban J connectivity index is 1.92. The van der Waals surface area contributed by atoms with E-state index in [1.165, 1.54) is 31.4 Å². The Bertz CT molecular complexity index is 1090. The molecule has 4 atom stereocenters. The van der Waals surface area contributed by atoms with Crippen LogP contribution in [0.15, 0.2) is 58.3 Å². The van der Waals surface area contributed by atoms with Crippen molar-refractivity contribution in [2.75, 3.05) is 13.7 Å². The van der Waals surface area contributed by atoms with E-state index in [0.717, 1.165) is 11.1 Å². The summed E-state index contributed by atoms with van der Waals surface area (Å²) in [5.74, 6) is 0. The highest BCUT2D eigenvalue weighted by Gasteiger charge is 2.47. The zero-order chi connectivity index (χ0) is 22.8. The molecular formula is C20H24O9S2. The number of rotatable bonds is 7. The fourth-order valence-corrected chi connectivity index (χ4v) is 5.18. The molecule has 0 aromatic heterocycles. The molecule has 0 radical (unpaired) electrons. The summed E-state index contributed by atoms with van der Waals surface area (Å²) < 4.78 is 72.0. The fourth-order valence-electron chi connectivity index (χ4n) is 2.99. The van der Waals surface area contributed by atoms with E-state index in [0.29, 0.717) is 0 Å². The average Bonchev–Trinajstić information content (AvgIpc) is 2.71. The third-order valence-corrected chi connectivity index (χ3v) is 7.38. The predicted octanol–water partition coefficient (Wildman–Crippen LogP) is 1.52. The van der Waals surface area contributed by atoms with E-state index in [1.807, 2.05) is 0 Å². The molecule has 3 rings (SSSR count). The molecule has 1 aliphatic rings. The number of ether oxygens (including phenoxy) is 2. The van der Waals surface area contributed by atoms with Gasteiger partial charge in [0.15, 0.2) is 12.4 Å². The normalized spacial score (nSPS) is 24.8. The molecule has 0 bridgehead atoms. The zero-order valence-electron chi connectivity index (χ0n) is 17.2. The van der Waals surface area contributed by atoms with Crippen molar-refractivity contribution in [2.45, 2.75) is 48.2 Å². The van der Waals surface area contributed by atoms with Crippen molar-refractivity contribution in [3.8, 4) is 0 Å². The third-order valence-electron chi connectivity index (χ3n) is 4.73. The largest absolute Gasteiger partial charge is 0.388 e. The van der Waals surface area contributed by atoms with E-state index < -0.39 is 44.8 Å². The van der Waals surface area contributed by atoms with Crippen LogP contribution in [0.5, 0.6) is 0 Å². The van der Waals surface area contributed by atoms with Crippen LogP contribution < -0.4 is 0 Å². The summed E-state index contributed by atoms with van der Waals surface area (Å²) in [5.41, 5.74) is 1.69. The van der Waals surface area contributed by atoms with Gasteiger partial charge in [-0.15, -0.1) is 0 Å². The van der Waals surface area contributed by atoms with Crippen LogP contribution in [0.2, 0.25) is 0 Å². The quantitative estimate of drug-likeness (QED) is 0.597. The van der Waals surface area contributed by atoms with E-state index in [2.05, 4.69) is 0 Å². The fraction of sp³-hybridized carbons (Fsp3) is 0.400. The third kappa shape index (κ3) is 5.50. The van der Waals surface area contributed by atoms with E-state index in [-0.39, 0.29) is 16.4 Å². The van der Waals surface area contributed by atoms with Gasteiger partial charge in [-0.05, 0) is 38.1 Å². The molecule has 0 spiro atoms. The van der Waals surface area contributed by atoms with Crippen molar-refractivity contribution in [1.82, 2.24) is 0 Å². The predicted molar refractivity (Wildman–Crippen MR) is 109 cm³/mol. The number of methoxy groups -OCH3 is 1. The van der Waals surface area contributed by atoms with Crippen molar-refractivity contribution in [2.24, 2.45) is 0 Å². The van der Waals surface area contributed by atoms with Gasteiger partial charge in [0.25, 0.3) is 20.2 Å². The molecule has 1 heterocycles. The molecule has 1 fully saturated rings. The maximum Gasteiger partial charge on any atom is 0.297 e. The van der Waals surface area contributed by atoms with Crippen LogP contribution in [0.4, 0.5) is 0 Å². The summed E-state index contributed by atoms with van der Waals surface area (Å²) in [5, 5.41) is 10.4. The van der Waals surface area contributed by atoms with Crippen molar-refractivity contribution in [3.63, 3.8) is 0 Å². The van der Waals surface area contributed by atoms with Gasteiger partial charge in [0.2, 0.25) is 0 Å². The first kappa shape index (κ1) is 23.8. The van der Waals surface area contributed by atoms with Gasteiger partial charge in [-0.2, -0.15) is 16.8 Å². The average molecular weight is 473 g/mol. The SMILES string of the molecule is CO[C@H]1OC[C@H](O)[C@@H](OS(=O)(=O)c2ccc(C)cc2)[C@H]1OS(=O)(=O)c1ccc(C)cc1. The van der Waals surface area contributed by atoms with Gasteiger partial charge >= 0.3 is 0 Å². The van der Waals surface area contributed by atoms with Crippen LogP contribution in [-0.2, 0) is 38.1 Å². The number of aryl methyl sites for hydroxylation is 2. The smallest absolute Gasteiger partial charge is 0.297 e. The second-order valence-electron chi connectivity index (χ2n) is 7.16. The van der Waals surface area contributed by atoms with Crippen LogP contribution in [-0.4, -0.2) is 60.3 Å². The molecule has 9 nitrogen and oxygen atoms in total. The van der Waals surface area contributed by atoms with Crippen molar-refractivity contribution >= 4 is 20.2 Å². The highest BCUT2D eigenvalue weighted by atomic mass is 32.2. The van der Waals surface area contributed by atoms with Crippen LogP contribution in [0.1, 0.15) is 11.1 Å². The molecular weight excluding hydrogens is 448 g/mol. The summed E-state index contributed by atoms with van der Waals surface area (Å²) in [6.07, 6.45) is -5.95. The highest BCUT2D eigenvalue weighted by molar-refractivity contribution is 7.87. The second kappa shape index (κ2) is 9.33. The van der Waals surface area contributed by atoms with E-state index >= 15 is 0 Å². The molecule has 1 aliphatic heterocycles. The van der Waals surface area contributed by atoms with Gasteiger partial charge in [0, 0.05) is 7.11 Å². The van der Waals surface area contributed by atoms with Crippen LogP contribution >= 0.6 is 0 Å². The molecule has 1 N–H and O–H groups in total. The Labute approximate surface area is 181 Å². The number of hydrogen-bond donors (Lipinski definition) is 1. The molecule has 0 saturated carbocycles. The van der Waals surface area contributed by atoms with Crippen LogP contribution in [0, 0.1) is 13.8 Å². The molecule has 11 heteroatoms. The first-order valence-electron chi connectivity index (χ1n) is 9.36. The molecule has 2 aromatic carbocycles. The Morgan fingerprint density at radius 2 is 1.23 bits per heavy atom. The first-order chi connectivity index (χ1) is 14.5. The van der Waals surface area contributed by atoms with Crippen LogP contribution in [0.3, 0.4) is 0 Å². The summed E-state index contributed by atoms with van der Waals surface area (Å²) in [7, 11) is -7.45. The highest BCUT2D eigenvalue weighted by Crippen LogP contribution is 2.29. The maximum atomic E-state index is 12.8. The number of hydrogen-bond acceptors (Lipinski definition) is 9. The Kier molecular flexibility index (Phi) is 7.16. The molecule has 2 aromatic rings. The number of benzene rings is 2. The Morgan fingerprint density at radius 1 is 0.806 bits per heavy atom. The van der Waals surface area contributed by atoms with Gasteiger partial charge in [0.05, 0.1) is 16.4 Å². The lowest BCUT2D eigenvalue weighted by Gasteiger charge is -2.38. The van der Waals surface area contributed by atoms with Crippen molar-refractivity contribution < 1.29 is 39.8 Å². The summed E-state index contributed by atoms with van der Waals surface area (Å²) in [6, 6.07) is 11.8. The molecule has 1 saturated heterocycles. The minimum absolute atomic E-state index is 0.145. The number of aliphatic hydroxyl groups is 1. The standard InChI is InChI=1S/C20H24O9S2/c1-13-4-8-15(9-5-13)30(22,23)28-18-17(21)12-27-20(26-3)19(18)29-31(24,25)16-10-6-14(2)7-11-16/h4-11,17-21H,12H2,1-3H3/t17-,18+,19+,20-/m0/s1. The Hall–Kier alpha value is -1.86. The first-order valence-corrected chi connectivity index (χ1v) is 12.2. The van der Waals surface area contributed by atoms with Gasteiger partial charge < -0.3 is 14.6 Å². The zero-order valence-corrected chi connectivity index (χ0v) is 18.8. The summed E-state index contributed by atoms with van der Waals surface area (Å²) in [6.45, 7) is 3.25. The maximum absolute atomic E-state index is 12.8. The van der Waals surface area contributed by atoms with Gasteiger partial charge in [-0.25, -0.2) is 0 Å². The minimum atomic E-state index is -4.35. The van der Waals surface area contributed by atoms with E-state index in [1.54, 1.807) is 38.1 Å². The lowest BCUT2D eigenvalue weighted by molar-refractivity contribution is -0.248. The summed E-state index contributed by atoms with van der Waals surface area (Å²) >= 11 is 0. The van der Waals surface area contributed by atoms with Gasteiger partial charge in [0.1, 0.15) is 12.2 Å². The van der Waals surface area contributed by atoms with Crippen LogP contribution in [0.25, 0.3) is 0 Å². The van der Waals surface area contributed by atoms with E-state index in [4.69, 9.17) is 17.8 Å². The molecule has 0 unspecified atom stereocenters. The second-order valence-corrected chi connectivity index (χ2v) is 10.3.